The van der Waals surface area contributed by atoms with Crippen LogP contribution in [0.2, 0.25) is 5.02 Å². The Balaban J connectivity index is 2.08. The number of rotatable bonds is 7. The van der Waals surface area contributed by atoms with Gasteiger partial charge in [0.1, 0.15) is 0 Å². The van der Waals surface area contributed by atoms with Crippen LogP contribution in [0.15, 0.2) is 39.8 Å². The van der Waals surface area contributed by atoms with Crippen molar-refractivity contribution in [1.82, 2.24) is 15.1 Å². The summed E-state index contributed by atoms with van der Waals surface area (Å²) in [5.41, 5.74) is 1.19. The summed E-state index contributed by atoms with van der Waals surface area (Å²) in [4.78, 5) is 1.22. The third-order valence-electron chi connectivity index (χ3n) is 3.14. The Kier molecular flexibility index (Phi) is 6.61. The average Bonchev–Trinajstić information content (AvgIpc) is 2.81. The molecule has 0 aliphatic rings. The van der Waals surface area contributed by atoms with Crippen molar-refractivity contribution < 1.29 is 0 Å². The number of hydrogen-bond donors (Lipinski definition) is 1. The zero-order valence-corrected chi connectivity index (χ0v) is 15.3. The fourth-order valence-corrected chi connectivity index (χ4v) is 3.79. The van der Waals surface area contributed by atoms with Crippen LogP contribution in [-0.4, -0.2) is 22.1 Å². The summed E-state index contributed by atoms with van der Waals surface area (Å²) < 4.78 is 2.98. The fraction of sp³-hybridized carbons (Fsp3) is 0.400. The molecular weight excluding hydrogens is 370 g/mol. The lowest BCUT2D eigenvalue weighted by molar-refractivity contribution is 0.533. The lowest BCUT2D eigenvalue weighted by Crippen LogP contribution is -2.26. The van der Waals surface area contributed by atoms with Crippen LogP contribution < -0.4 is 5.32 Å². The number of halogens is 2. The third-order valence-corrected chi connectivity index (χ3v) is 5.11. The summed E-state index contributed by atoms with van der Waals surface area (Å²) in [5.74, 6) is 0.944. The molecule has 0 fully saturated rings. The van der Waals surface area contributed by atoms with E-state index in [-0.39, 0.29) is 6.04 Å². The van der Waals surface area contributed by atoms with Crippen LogP contribution in [0.25, 0.3) is 0 Å². The quantitative estimate of drug-likeness (QED) is 0.699. The number of benzene rings is 1. The molecule has 114 valence electrons. The monoisotopic (exact) mass is 387 g/mol. The first kappa shape index (κ1) is 16.9. The van der Waals surface area contributed by atoms with Gasteiger partial charge in [-0.2, -0.15) is 5.10 Å². The van der Waals surface area contributed by atoms with Gasteiger partial charge in [-0.1, -0.05) is 18.5 Å². The van der Waals surface area contributed by atoms with Gasteiger partial charge >= 0.3 is 0 Å². The van der Waals surface area contributed by atoms with Gasteiger partial charge in [0, 0.05) is 22.7 Å². The number of aryl methyl sites for hydroxylation is 1. The molecule has 0 aliphatic heterocycles. The molecule has 1 unspecified atom stereocenters. The maximum Gasteiger partial charge on any atom is 0.0700 e. The van der Waals surface area contributed by atoms with E-state index in [0.717, 1.165) is 28.2 Å². The third kappa shape index (κ3) is 4.74. The van der Waals surface area contributed by atoms with Crippen molar-refractivity contribution in [3.05, 3.63) is 45.7 Å². The van der Waals surface area contributed by atoms with Crippen LogP contribution in [0.1, 0.15) is 25.1 Å². The van der Waals surface area contributed by atoms with Gasteiger partial charge in [-0.25, -0.2) is 0 Å². The molecule has 1 heterocycles. The van der Waals surface area contributed by atoms with E-state index >= 15 is 0 Å². The topological polar surface area (TPSA) is 29.9 Å². The first-order valence-electron chi connectivity index (χ1n) is 6.91. The Morgan fingerprint density at radius 2 is 2.10 bits per heavy atom. The van der Waals surface area contributed by atoms with E-state index in [4.69, 9.17) is 11.6 Å². The lowest BCUT2D eigenvalue weighted by Gasteiger charge is -2.19. The molecule has 2 aromatic rings. The maximum absolute atomic E-state index is 5.93. The van der Waals surface area contributed by atoms with Gasteiger partial charge in [-0.3, -0.25) is 4.68 Å². The highest BCUT2D eigenvalue weighted by Gasteiger charge is 2.18. The van der Waals surface area contributed by atoms with Gasteiger partial charge < -0.3 is 5.32 Å². The van der Waals surface area contributed by atoms with E-state index in [1.807, 2.05) is 41.8 Å². The largest absolute Gasteiger partial charge is 0.308 e. The minimum atomic E-state index is 0.257. The van der Waals surface area contributed by atoms with Gasteiger partial charge in [-0.15, -0.1) is 11.8 Å². The summed E-state index contributed by atoms with van der Waals surface area (Å²) in [6, 6.07) is 8.23. The van der Waals surface area contributed by atoms with Crippen molar-refractivity contribution in [2.75, 3.05) is 12.3 Å². The van der Waals surface area contributed by atoms with Crippen LogP contribution in [-0.2, 0) is 7.05 Å². The van der Waals surface area contributed by atoms with E-state index in [1.165, 1.54) is 10.6 Å². The Morgan fingerprint density at radius 1 is 1.38 bits per heavy atom. The molecule has 3 nitrogen and oxygen atoms in total. The molecule has 0 amide bonds. The Bertz CT molecular complexity index is 551. The molecule has 1 aromatic heterocycles. The number of nitrogens with zero attached hydrogens (tertiary/aromatic N) is 2. The molecule has 0 bridgehead atoms. The maximum atomic E-state index is 5.93. The second-order valence-electron chi connectivity index (χ2n) is 4.77. The zero-order chi connectivity index (χ0) is 15.2. The first-order chi connectivity index (χ1) is 10.1. The molecule has 1 atom stereocenters. The normalized spacial score (nSPS) is 12.6. The van der Waals surface area contributed by atoms with Crippen molar-refractivity contribution in [3.63, 3.8) is 0 Å². The Morgan fingerprint density at radius 3 is 2.67 bits per heavy atom. The van der Waals surface area contributed by atoms with E-state index in [0.29, 0.717) is 0 Å². The zero-order valence-electron chi connectivity index (χ0n) is 12.1. The van der Waals surface area contributed by atoms with E-state index < -0.39 is 0 Å². The van der Waals surface area contributed by atoms with Crippen LogP contribution in [0.5, 0.6) is 0 Å². The number of hydrogen-bond acceptors (Lipinski definition) is 3. The molecule has 0 spiro atoms. The lowest BCUT2D eigenvalue weighted by atomic mass is 10.2. The SMILES string of the molecule is CCCNC(CSc1ccc(Cl)cc1)c1c(Br)cnn1C. The molecule has 0 saturated carbocycles. The Hall–Kier alpha value is -0.490. The van der Waals surface area contributed by atoms with Gasteiger partial charge in [0.2, 0.25) is 0 Å². The van der Waals surface area contributed by atoms with Gasteiger partial charge in [0.05, 0.1) is 22.4 Å². The average molecular weight is 389 g/mol. The number of nitrogens with one attached hydrogen (secondary N) is 1. The summed E-state index contributed by atoms with van der Waals surface area (Å²) >= 11 is 11.3. The molecule has 21 heavy (non-hydrogen) atoms. The number of thioether (sulfide) groups is 1. The van der Waals surface area contributed by atoms with Crippen LogP contribution >= 0.6 is 39.3 Å². The highest BCUT2D eigenvalue weighted by atomic mass is 79.9. The molecular formula is C15H19BrClN3S. The standard InChI is InChI=1S/C15H19BrClN3S/c1-3-8-18-14(15-13(16)9-19-20(15)2)10-21-12-6-4-11(17)5-7-12/h4-7,9,14,18H,3,8,10H2,1-2H3. The van der Waals surface area contributed by atoms with E-state index in [1.54, 1.807) is 0 Å². The molecule has 2 rings (SSSR count). The van der Waals surface area contributed by atoms with E-state index in [9.17, 15) is 0 Å². The smallest absolute Gasteiger partial charge is 0.0700 e. The summed E-state index contributed by atoms with van der Waals surface area (Å²) in [6.45, 7) is 3.16. The molecule has 0 saturated heterocycles. The first-order valence-corrected chi connectivity index (χ1v) is 9.06. The summed E-state index contributed by atoms with van der Waals surface area (Å²) in [7, 11) is 1.98. The van der Waals surface area contributed by atoms with E-state index in [2.05, 4.69) is 45.4 Å². The van der Waals surface area contributed by atoms with Crippen LogP contribution in [0, 0.1) is 0 Å². The molecule has 0 radical (unpaired) electrons. The second-order valence-corrected chi connectivity index (χ2v) is 7.16. The fourth-order valence-electron chi connectivity index (χ4n) is 2.08. The van der Waals surface area contributed by atoms with Crippen LogP contribution in [0.4, 0.5) is 0 Å². The van der Waals surface area contributed by atoms with Gasteiger partial charge in [0.25, 0.3) is 0 Å². The van der Waals surface area contributed by atoms with Crippen molar-refractivity contribution in [1.29, 1.82) is 0 Å². The molecule has 1 aromatic carbocycles. The van der Waals surface area contributed by atoms with Crippen molar-refractivity contribution in [3.8, 4) is 0 Å². The predicted octanol–water partition coefficient (Wildman–Crippen LogP) is 4.67. The second kappa shape index (κ2) is 8.22. The van der Waals surface area contributed by atoms with Crippen molar-refractivity contribution in [2.45, 2.75) is 24.3 Å². The minimum Gasteiger partial charge on any atom is -0.308 e. The van der Waals surface area contributed by atoms with Crippen LogP contribution in [0.3, 0.4) is 0 Å². The van der Waals surface area contributed by atoms with Crippen molar-refractivity contribution >= 4 is 39.3 Å². The molecule has 1 N–H and O–H groups in total. The van der Waals surface area contributed by atoms with Gasteiger partial charge in [-0.05, 0) is 53.2 Å². The predicted molar refractivity (Wildman–Crippen MR) is 94.1 cm³/mol. The Labute approximate surface area is 143 Å². The highest BCUT2D eigenvalue weighted by Crippen LogP contribution is 2.29. The summed E-state index contributed by atoms with van der Waals surface area (Å²) in [5, 5.41) is 8.68. The number of aromatic nitrogens is 2. The molecule has 0 aliphatic carbocycles. The minimum absolute atomic E-state index is 0.257. The van der Waals surface area contributed by atoms with Gasteiger partial charge in [0.15, 0.2) is 0 Å². The van der Waals surface area contributed by atoms with Crippen molar-refractivity contribution in [2.24, 2.45) is 7.05 Å². The summed E-state index contributed by atoms with van der Waals surface area (Å²) in [6.07, 6.45) is 2.96. The highest BCUT2D eigenvalue weighted by molar-refractivity contribution is 9.10. The molecule has 6 heteroatoms.